The summed E-state index contributed by atoms with van der Waals surface area (Å²) in [7, 11) is 0. The van der Waals surface area contributed by atoms with Gasteiger partial charge in [0.15, 0.2) is 0 Å². The molecule has 2 unspecified atom stereocenters. The summed E-state index contributed by atoms with van der Waals surface area (Å²) in [5, 5.41) is 0. The predicted octanol–water partition coefficient (Wildman–Crippen LogP) is 1.56. The van der Waals surface area contributed by atoms with Gasteiger partial charge in [0.25, 0.3) is 0 Å². The number of likely N-dealkylation sites (N-methyl/N-ethyl adjacent to an activating group) is 1. The van der Waals surface area contributed by atoms with Crippen molar-refractivity contribution in [3.05, 3.63) is 0 Å². The van der Waals surface area contributed by atoms with E-state index < -0.39 is 5.92 Å². The van der Waals surface area contributed by atoms with Crippen LogP contribution in [-0.4, -0.2) is 53.6 Å². The van der Waals surface area contributed by atoms with Crippen LogP contribution in [0.4, 0.5) is 0 Å². The van der Waals surface area contributed by atoms with Gasteiger partial charge in [0.1, 0.15) is 5.78 Å². The Morgan fingerprint density at radius 3 is 2.35 bits per heavy atom. The van der Waals surface area contributed by atoms with E-state index in [1.807, 2.05) is 6.92 Å². The number of rotatable bonds is 5. The number of Topliss-reactive ketones (excluding diaryl/α,β-unsaturated/α-hetero) is 1. The average Bonchev–Trinajstić information content (AvgIpc) is 2.73. The smallest absolute Gasteiger partial charge is 0.233 e. The largest absolute Gasteiger partial charge is 0.302 e. The third kappa shape index (κ3) is 2.35. The number of ketones is 1. The molecule has 2 bridgehead atoms. The third-order valence-electron chi connectivity index (χ3n) is 6.47. The lowest BCUT2D eigenvalue weighted by molar-refractivity contribution is -0.157. The van der Waals surface area contributed by atoms with Crippen molar-refractivity contribution >= 4 is 17.6 Å². The molecule has 1 aliphatic heterocycles. The highest BCUT2D eigenvalue weighted by molar-refractivity contribution is 6.09. The number of hydrogen-bond donors (Lipinski definition) is 0. The van der Waals surface area contributed by atoms with Crippen LogP contribution in [0.5, 0.6) is 0 Å². The van der Waals surface area contributed by atoms with Gasteiger partial charge in [-0.2, -0.15) is 0 Å². The zero-order valence-electron chi connectivity index (χ0n) is 14.7. The molecular weight excluding hydrogens is 292 g/mol. The van der Waals surface area contributed by atoms with E-state index in [2.05, 4.69) is 25.7 Å². The molecule has 4 fully saturated rings. The van der Waals surface area contributed by atoms with E-state index in [4.69, 9.17) is 0 Å². The van der Waals surface area contributed by atoms with Crippen LogP contribution in [0, 0.1) is 29.1 Å². The molecule has 5 nitrogen and oxygen atoms in total. The van der Waals surface area contributed by atoms with Crippen LogP contribution in [0.25, 0.3) is 0 Å². The van der Waals surface area contributed by atoms with Gasteiger partial charge in [-0.05, 0) is 30.8 Å². The number of carbonyl (C=O) groups is 3. The molecule has 4 aliphatic rings. The fraction of sp³-hybridized carbons (Fsp3) is 0.833. The Bertz CT molecular complexity index is 542. The summed E-state index contributed by atoms with van der Waals surface area (Å²) in [5.74, 6) is -0.625. The molecule has 128 valence electrons. The highest BCUT2D eigenvalue weighted by Crippen LogP contribution is 2.60. The lowest BCUT2D eigenvalue weighted by atomic mass is 9.48. The number of fused-ring (bicyclic) bond motifs is 2. The van der Waals surface area contributed by atoms with E-state index in [0.29, 0.717) is 13.0 Å². The number of imide groups is 1. The van der Waals surface area contributed by atoms with Gasteiger partial charge in [-0.25, -0.2) is 0 Å². The zero-order valence-corrected chi connectivity index (χ0v) is 14.7. The van der Waals surface area contributed by atoms with Crippen LogP contribution in [0.15, 0.2) is 0 Å². The summed E-state index contributed by atoms with van der Waals surface area (Å²) in [4.78, 5) is 41.9. The molecule has 4 rings (SSSR count). The summed E-state index contributed by atoms with van der Waals surface area (Å²) < 4.78 is 0. The highest BCUT2D eigenvalue weighted by atomic mass is 16.2. The maximum atomic E-state index is 12.9. The second-order valence-corrected chi connectivity index (χ2v) is 7.86. The first kappa shape index (κ1) is 16.6. The second kappa shape index (κ2) is 5.69. The van der Waals surface area contributed by atoms with Crippen molar-refractivity contribution in [2.24, 2.45) is 29.1 Å². The molecule has 0 aromatic heterocycles. The van der Waals surface area contributed by atoms with Crippen LogP contribution in [0.1, 0.15) is 40.5 Å². The molecule has 0 radical (unpaired) electrons. The van der Waals surface area contributed by atoms with Gasteiger partial charge in [0.2, 0.25) is 11.8 Å². The van der Waals surface area contributed by atoms with Crippen molar-refractivity contribution in [2.75, 3.05) is 26.2 Å². The molecule has 0 spiro atoms. The summed E-state index contributed by atoms with van der Waals surface area (Å²) in [6.45, 7) is 11.3. The van der Waals surface area contributed by atoms with Crippen LogP contribution < -0.4 is 0 Å². The molecule has 1 heterocycles. The predicted molar refractivity (Wildman–Crippen MR) is 86.5 cm³/mol. The third-order valence-corrected chi connectivity index (χ3v) is 6.47. The lowest BCUT2D eigenvalue weighted by Crippen LogP contribution is -2.56. The van der Waals surface area contributed by atoms with Crippen molar-refractivity contribution in [3.8, 4) is 0 Å². The molecule has 3 saturated carbocycles. The molecule has 3 aliphatic carbocycles. The maximum Gasteiger partial charge on any atom is 0.233 e. The second-order valence-electron chi connectivity index (χ2n) is 7.86. The quantitative estimate of drug-likeness (QED) is 0.722. The van der Waals surface area contributed by atoms with Crippen LogP contribution in [-0.2, 0) is 14.4 Å². The minimum atomic E-state index is -0.394. The Hall–Kier alpha value is -1.23. The van der Waals surface area contributed by atoms with Gasteiger partial charge in [0.05, 0.1) is 11.8 Å². The van der Waals surface area contributed by atoms with Crippen molar-refractivity contribution in [1.29, 1.82) is 0 Å². The van der Waals surface area contributed by atoms with Gasteiger partial charge in [-0.3, -0.25) is 19.3 Å². The first-order chi connectivity index (χ1) is 10.8. The van der Waals surface area contributed by atoms with Gasteiger partial charge in [-0.1, -0.05) is 27.7 Å². The normalized spacial score (nSPS) is 39.5. The van der Waals surface area contributed by atoms with Crippen LogP contribution in [0.2, 0.25) is 0 Å². The van der Waals surface area contributed by atoms with E-state index >= 15 is 0 Å². The summed E-state index contributed by atoms with van der Waals surface area (Å²) in [6.07, 6.45) is 1.35. The molecule has 5 heteroatoms. The minimum absolute atomic E-state index is 0.0287. The minimum Gasteiger partial charge on any atom is -0.302 e. The Morgan fingerprint density at radius 1 is 1.13 bits per heavy atom. The van der Waals surface area contributed by atoms with Crippen molar-refractivity contribution in [3.63, 3.8) is 0 Å². The highest BCUT2D eigenvalue weighted by Gasteiger charge is 2.66. The van der Waals surface area contributed by atoms with Gasteiger partial charge < -0.3 is 4.90 Å². The van der Waals surface area contributed by atoms with E-state index in [1.54, 1.807) is 0 Å². The summed E-state index contributed by atoms with van der Waals surface area (Å²) in [5.41, 5.74) is -0.327. The number of carbonyl (C=O) groups excluding carboxylic acids is 3. The Morgan fingerprint density at radius 2 is 1.78 bits per heavy atom. The van der Waals surface area contributed by atoms with Crippen molar-refractivity contribution in [1.82, 2.24) is 9.80 Å². The Kier molecular flexibility index (Phi) is 4.11. The monoisotopic (exact) mass is 320 g/mol. The molecule has 0 N–H and O–H groups in total. The van der Waals surface area contributed by atoms with E-state index in [9.17, 15) is 14.4 Å². The molecule has 23 heavy (non-hydrogen) atoms. The van der Waals surface area contributed by atoms with Crippen molar-refractivity contribution in [2.45, 2.75) is 40.5 Å². The van der Waals surface area contributed by atoms with Crippen LogP contribution in [0.3, 0.4) is 0 Å². The van der Waals surface area contributed by atoms with E-state index in [0.717, 1.165) is 26.1 Å². The van der Waals surface area contributed by atoms with Crippen molar-refractivity contribution < 1.29 is 14.4 Å². The standard InChI is InChI=1S/C18H28N2O3/c1-5-19(6-2)7-8-20-16(22)14-13-11(3)9-18(4,10-12(13)21)15(14)17(20)23/h11,13-15H,5-10H2,1-4H3/t11-,13+,14?,15?,18-/m1/s1. The fourth-order valence-electron chi connectivity index (χ4n) is 5.41. The molecule has 1 saturated heterocycles. The number of nitrogens with zero attached hydrogens (tertiary/aromatic N) is 2. The maximum absolute atomic E-state index is 12.9. The van der Waals surface area contributed by atoms with Crippen LogP contribution >= 0.6 is 0 Å². The zero-order chi connectivity index (χ0) is 16.9. The fourth-order valence-corrected chi connectivity index (χ4v) is 5.41. The first-order valence-corrected chi connectivity index (χ1v) is 8.94. The summed E-state index contributed by atoms with van der Waals surface area (Å²) in [6, 6.07) is 0. The summed E-state index contributed by atoms with van der Waals surface area (Å²) >= 11 is 0. The molecule has 2 amide bonds. The topological polar surface area (TPSA) is 57.7 Å². The average molecular weight is 320 g/mol. The molecule has 0 aromatic rings. The van der Waals surface area contributed by atoms with Gasteiger partial charge in [-0.15, -0.1) is 0 Å². The van der Waals surface area contributed by atoms with E-state index in [1.165, 1.54) is 4.90 Å². The molecule has 0 aromatic carbocycles. The molecule has 5 atom stereocenters. The number of likely N-dealkylation sites (tertiary alicyclic amines) is 1. The Labute approximate surface area is 138 Å². The lowest BCUT2D eigenvalue weighted by Gasteiger charge is -2.52. The van der Waals surface area contributed by atoms with Gasteiger partial charge in [0, 0.05) is 25.4 Å². The van der Waals surface area contributed by atoms with E-state index in [-0.39, 0.29) is 40.8 Å². The number of hydrogen-bond acceptors (Lipinski definition) is 4. The van der Waals surface area contributed by atoms with Gasteiger partial charge >= 0.3 is 0 Å². The number of amides is 2. The molecular formula is C18H28N2O3. The Balaban J connectivity index is 1.84. The first-order valence-electron chi connectivity index (χ1n) is 8.94. The SMILES string of the molecule is CCN(CC)CCN1C(=O)C2C(C1=O)[C@@]1(C)CC(=O)[C@@H]2[C@H](C)C1.